The molecule has 0 fully saturated rings. The minimum atomic E-state index is -0.489. The van der Waals surface area contributed by atoms with Gasteiger partial charge in [-0.3, -0.25) is 0 Å². The van der Waals surface area contributed by atoms with Crippen molar-refractivity contribution in [3.63, 3.8) is 0 Å². The van der Waals surface area contributed by atoms with Crippen LogP contribution in [-0.4, -0.2) is 27.5 Å². The maximum Gasteiger partial charge on any atom is 0.342 e. The second-order valence-corrected chi connectivity index (χ2v) is 8.19. The number of rotatable bonds is 6. The lowest BCUT2D eigenvalue weighted by atomic mass is 10.2. The fourth-order valence-electron chi connectivity index (χ4n) is 2.89. The third kappa shape index (κ3) is 3.96. The molecule has 0 bridgehead atoms. The molecule has 29 heavy (non-hydrogen) atoms. The maximum atomic E-state index is 12.2. The molecule has 9 heteroatoms. The van der Waals surface area contributed by atoms with Gasteiger partial charge in [0, 0.05) is 10.9 Å². The van der Waals surface area contributed by atoms with Gasteiger partial charge in [-0.15, -0.1) is 11.3 Å². The van der Waals surface area contributed by atoms with Crippen LogP contribution in [0.3, 0.4) is 0 Å². The van der Waals surface area contributed by atoms with E-state index in [0.29, 0.717) is 22.7 Å². The van der Waals surface area contributed by atoms with Crippen molar-refractivity contribution in [3.8, 4) is 11.3 Å². The van der Waals surface area contributed by atoms with Crippen molar-refractivity contribution in [1.82, 2.24) is 15.0 Å². The molecule has 0 aliphatic rings. The van der Waals surface area contributed by atoms with Gasteiger partial charge < -0.3 is 14.9 Å². The Morgan fingerprint density at radius 2 is 2.03 bits per heavy atom. The highest BCUT2D eigenvalue weighted by atomic mass is 32.2. The van der Waals surface area contributed by atoms with E-state index in [2.05, 4.69) is 15.0 Å². The predicted octanol–water partition coefficient (Wildman–Crippen LogP) is 4.71. The first-order chi connectivity index (χ1) is 14.1. The molecule has 0 aliphatic heterocycles. The topological polar surface area (TPSA) is 104 Å². The lowest BCUT2D eigenvalue weighted by molar-refractivity contribution is 0.0526. The molecule has 3 aromatic heterocycles. The Morgan fingerprint density at radius 3 is 2.79 bits per heavy atom. The first-order valence-electron chi connectivity index (χ1n) is 8.93. The number of esters is 1. The molecular weight excluding hydrogens is 408 g/mol. The summed E-state index contributed by atoms with van der Waals surface area (Å²) in [4.78, 5) is 25.6. The van der Waals surface area contributed by atoms with Crippen LogP contribution in [0.5, 0.6) is 0 Å². The number of aryl methyl sites for hydroxylation is 1. The third-order valence-corrected chi connectivity index (χ3v) is 6.18. The van der Waals surface area contributed by atoms with Gasteiger partial charge in [-0.2, -0.15) is 4.98 Å². The molecule has 3 heterocycles. The number of aromatic nitrogens is 3. The van der Waals surface area contributed by atoms with Gasteiger partial charge in [-0.1, -0.05) is 42.1 Å². The van der Waals surface area contributed by atoms with Gasteiger partial charge in [0.05, 0.1) is 23.4 Å². The Hall–Kier alpha value is -2.91. The van der Waals surface area contributed by atoms with E-state index in [-0.39, 0.29) is 23.7 Å². The highest BCUT2D eigenvalue weighted by molar-refractivity contribution is 8.00. The normalized spacial score (nSPS) is 11.1. The van der Waals surface area contributed by atoms with Crippen LogP contribution in [0.25, 0.3) is 22.4 Å². The quantitative estimate of drug-likeness (QED) is 0.349. The summed E-state index contributed by atoms with van der Waals surface area (Å²) in [5.41, 5.74) is 8.70. The molecule has 0 aliphatic carbocycles. The largest absolute Gasteiger partial charge is 0.462 e. The van der Waals surface area contributed by atoms with Gasteiger partial charge in [0.2, 0.25) is 5.71 Å². The number of furan rings is 1. The molecule has 0 atom stereocenters. The minimum absolute atomic E-state index is 0.203. The van der Waals surface area contributed by atoms with Crippen LogP contribution in [-0.2, 0) is 10.5 Å². The summed E-state index contributed by atoms with van der Waals surface area (Å²) in [5, 5.41) is 2.42. The molecule has 2 N–H and O–H groups in total. The molecule has 4 rings (SSSR count). The SMILES string of the molecule is CCOC(=O)c1c(C)oc2nc(CSc3nc(-c4ccccc4)cs3)nc(N)c12. The summed E-state index contributed by atoms with van der Waals surface area (Å²) in [6.45, 7) is 3.69. The van der Waals surface area contributed by atoms with E-state index < -0.39 is 5.97 Å². The van der Waals surface area contributed by atoms with Crippen LogP contribution in [0.4, 0.5) is 5.82 Å². The number of benzene rings is 1. The number of anilines is 1. The maximum absolute atomic E-state index is 12.2. The Balaban J connectivity index is 1.55. The molecule has 7 nitrogen and oxygen atoms in total. The first-order valence-corrected chi connectivity index (χ1v) is 10.8. The number of ether oxygens (including phenoxy) is 1. The van der Waals surface area contributed by atoms with Gasteiger partial charge >= 0.3 is 5.97 Å². The molecule has 0 saturated heterocycles. The molecule has 4 aromatic rings. The van der Waals surface area contributed by atoms with Crippen molar-refractivity contribution in [1.29, 1.82) is 0 Å². The average Bonchev–Trinajstić information content (AvgIpc) is 3.31. The zero-order chi connectivity index (χ0) is 20.4. The van der Waals surface area contributed by atoms with Crippen molar-refractivity contribution in [2.75, 3.05) is 12.3 Å². The van der Waals surface area contributed by atoms with E-state index in [1.165, 1.54) is 11.8 Å². The van der Waals surface area contributed by atoms with E-state index in [1.807, 2.05) is 35.7 Å². The summed E-state index contributed by atoms with van der Waals surface area (Å²) >= 11 is 3.09. The molecule has 148 valence electrons. The number of hydrogen-bond acceptors (Lipinski definition) is 9. The number of carbonyl (C=O) groups is 1. The Kier molecular flexibility index (Phi) is 5.50. The highest BCUT2D eigenvalue weighted by Crippen LogP contribution is 2.32. The smallest absolute Gasteiger partial charge is 0.342 e. The van der Waals surface area contributed by atoms with Crippen molar-refractivity contribution >= 4 is 46.0 Å². The van der Waals surface area contributed by atoms with Gasteiger partial charge in [-0.05, 0) is 13.8 Å². The number of hydrogen-bond donors (Lipinski definition) is 1. The Bertz CT molecular complexity index is 1170. The standard InChI is InChI=1S/C20H18N4O3S2/c1-3-26-19(25)15-11(2)27-18-16(15)17(21)23-14(24-18)10-29-20-22-13(9-28-20)12-7-5-4-6-8-12/h4-9H,3,10H2,1-2H3,(H2,21,23,24). The number of carbonyl (C=O) groups excluding carboxylic acids is 1. The van der Waals surface area contributed by atoms with Crippen LogP contribution < -0.4 is 5.73 Å². The summed E-state index contributed by atoms with van der Waals surface area (Å²) in [6, 6.07) is 10.0. The lowest BCUT2D eigenvalue weighted by Crippen LogP contribution is -2.07. The fraction of sp³-hybridized carbons (Fsp3) is 0.200. The number of fused-ring (bicyclic) bond motifs is 1. The predicted molar refractivity (Wildman–Crippen MR) is 114 cm³/mol. The van der Waals surface area contributed by atoms with Gasteiger partial charge in [0.15, 0.2) is 4.34 Å². The van der Waals surface area contributed by atoms with Crippen LogP contribution in [0, 0.1) is 6.92 Å². The number of thioether (sulfide) groups is 1. The minimum Gasteiger partial charge on any atom is -0.462 e. The van der Waals surface area contributed by atoms with Crippen molar-refractivity contribution in [2.24, 2.45) is 0 Å². The van der Waals surface area contributed by atoms with Crippen molar-refractivity contribution in [3.05, 3.63) is 52.9 Å². The average molecular weight is 427 g/mol. The lowest BCUT2D eigenvalue weighted by Gasteiger charge is -2.03. The van der Waals surface area contributed by atoms with E-state index in [1.54, 1.807) is 25.2 Å². The van der Waals surface area contributed by atoms with E-state index in [9.17, 15) is 4.79 Å². The van der Waals surface area contributed by atoms with Gasteiger partial charge in [-0.25, -0.2) is 14.8 Å². The summed E-state index contributed by atoms with van der Waals surface area (Å²) < 4.78 is 11.6. The zero-order valence-corrected chi connectivity index (χ0v) is 17.5. The monoisotopic (exact) mass is 426 g/mol. The van der Waals surface area contributed by atoms with Crippen molar-refractivity contribution in [2.45, 2.75) is 23.9 Å². The molecule has 1 aromatic carbocycles. The molecule has 0 saturated carbocycles. The number of nitrogens with zero attached hydrogens (tertiary/aromatic N) is 3. The van der Waals surface area contributed by atoms with Crippen molar-refractivity contribution < 1.29 is 13.9 Å². The summed E-state index contributed by atoms with van der Waals surface area (Å²) in [6.07, 6.45) is 0. The molecule has 0 radical (unpaired) electrons. The zero-order valence-electron chi connectivity index (χ0n) is 15.8. The van der Waals surface area contributed by atoms with Gasteiger partial charge in [0.25, 0.3) is 0 Å². The van der Waals surface area contributed by atoms with Crippen LogP contribution in [0.1, 0.15) is 28.9 Å². The Morgan fingerprint density at radius 1 is 1.24 bits per heavy atom. The number of thiazole rings is 1. The van der Waals surface area contributed by atoms with E-state index >= 15 is 0 Å². The molecule has 0 amide bonds. The summed E-state index contributed by atoms with van der Waals surface area (Å²) in [5.74, 6) is 1.13. The second kappa shape index (κ2) is 8.22. The summed E-state index contributed by atoms with van der Waals surface area (Å²) in [7, 11) is 0. The first kappa shape index (κ1) is 19.4. The molecule has 0 spiro atoms. The third-order valence-electron chi connectivity index (χ3n) is 4.16. The number of nitrogen functional groups attached to an aromatic ring is 1. The molecular formula is C20H18N4O3S2. The Labute approximate surface area is 175 Å². The second-order valence-electron chi connectivity index (χ2n) is 6.11. The van der Waals surface area contributed by atoms with Gasteiger partial charge in [0.1, 0.15) is 23.0 Å². The van der Waals surface area contributed by atoms with Crippen LogP contribution in [0.2, 0.25) is 0 Å². The van der Waals surface area contributed by atoms with E-state index in [0.717, 1.165) is 15.6 Å². The van der Waals surface area contributed by atoms with E-state index in [4.69, 9.17) is 14.9 Å². The fourth-order valence-corrected chi connectivity index (χ4v) is 4.58. The highest BCUT2D eigenvalue weighted by Gasteiger charge is 2.24. The molecule has 0 unspecified atom stereocenters. The van der Waals surface area contributed by atoms with Crippen LogP contribution in [0.15, 0.2) is 44.5 Å². The number of nitrogens with two attached hydrogens (primary N) is 1. The van der Waals surface area contributed by atoms with Crippen LogP contribution >= 0.6 is 23.1 Å².